The van der Waals surface area contributed by atoms with Crippen LogP contribution < -0.4 is 10.6 Å². The van der Waals surface area contributed by atoms with Crippen molar-refractivity contribution < 1.29 is 9.59 Å². The molecule has 2 aliphatic rings. The van der Waals surface area contributed by atoms with Gasteiger partial charge in [-0.05, 0) is 96.7 Å². The second-order valence-corrected chi connectivity index (χ2v) is 12.8. The van der Waals surface area contributed by atoms with Crippen LogP contribution in [-0.2, 0) is 28.9 Å². The second kappa shape index (κ2) is 13.7. The number of nitrogens with one attached hydrogen (secondary N) is 3. The summed E-state index contributed by atoms with van der Waals surface area (Å²) in [6.45, 7) is 2.21. The van der Waals surface area contributed by atoms with Crippen LogP contribution in [0.4, 0.5) is 11.6 Å². The van der Waals surface area contributed by atoms with E-state index in [1.54, 1.807) is 0 Å². The average molecular weight is 626 g/mol. The molecular weight excluding hydrogens is 586 g/mol. The molecule has 3 N–H and O–H groups in total. The van der Waals surface area contributed by atoms with Crippen molar-refractivity contribution in [3.05, 3.63) is 113 Å². The molecule has 3 aromatic heterocycles. The molecule has 0 saturated heterocycles. The molecular formula is C38H39N7O2. The van der Waals surface area contributed by atoms with Gasteiger partial charge in [0.1, 0.15) is 0 Å². The molecule has 5 aromatic rings. The van der Waals surface area contributed by atoms with Crippen LogP contribution in [0.5, 0.6) is 0 Å². The van der Waals surface area contributed by atoms with Crippen molar-refractivity contribution in [2.45, 2.75) is 70.1 Å². The maximum absolute atomic E-state index is 12.9. The summed E-state index contributed by atoms with van der Waals surface area (Å²) >= 11 is 0. The van der Waals surface area contributed by atoms with Gasteiger partial charge in [-0.2, -0.15) is 10.2 Å². The van der Waals surface area contributed by atoms with E-state index in [2.05, 4.69) is 61.2 Å². The van der Waals surface area contributed by atoms with Gasteiger partial charge in [-0.15, -0.1) is 10.2 Å². The van der Waals surface area contributed by atoms with Crippen molar-refractivity contribution in [3.8, 4) is 0 Å². The Hall–Kier alpha value is -5.18. The predicted octanol–water partition coefficient (Wildman–Crippen LogP) is 7.15. The Bertz CT molecular complexity index is 1910. The molecule has 0 radical (unpaired) electrons. The largest absolute Gasteiger partial charge is 0.361 e. The van der Waals surface area contributed by atoms with E-state index in [0.717, 1.165) is 71.9 Å². The lowest BCUT2D eigenvalue weighted by Crippen LogP contribution is -2.19. The SMILES string of the molecule is CCC1C=Cc2c(CC(=O)Nc3ccc(C4CCCC(c5ccc(NC(=O)Cc6cccc7[nH]ccc67)nn5)C4)nn3)cccc2C1. The lowest BCUT2D eigenvalue weighted by Gasteiger charge is -2.28. The molecule has 3 heterocycles. The predicted molar refractivity (Wildman–Crippen MR) is 184 cm³/mol. The van der Waals surface area contributed by atoms with E-state index in [-0.39, 0.29) is 30.1 Å². The molecule has 238 valence electrons. The van der Waals surface area contributed by atoms with Crippen LogP contribution >= 0.6 is 0 Å². The minimum Gasteiger partial charge on any atom is -0.361 e. The average Bonchev–Trinajstić information content (AvgIpc) is 3.59. The topological polar surface area (TPSA) is 126 Å². The minimum absolute atomic E-state index is 0.0968. The van der Waals surface area contributed by atoms with Gasteiger partial charge in [-0.3, -0.25) is 9.59 Å². The summed E-state index contributed by atoms with van der Waals surface area (Å²) in [6.07, 6.45) is 13.0. The summed E-state index contributed by atoms with van der Waals surface area (Å²) in [5, 5.41) is 24.6. The van der Waals surface area contributed by atoms with Gasteiger partial charge in [0, 0.05) is 28.9 Å². The standard InChI is InChI=1S/C38H39N7O2/c1-2-24-12-13-30-25(20-24)6-3-7-26(30)22-37(46)40-35-16-14-32(42-44-35)28-9-4-10-29(21-28)33-15-17-36(45-43-33)41-38(47)23-27-8-5-11-34-31(27)18-19-39-34/h3,5-8,11-19,24,28-29,39H,2,4,9-10,20-23H2,1H3,(H,40,44,46)(H,41,45,47). The first-order valence-electron chi connectivity index (χ1n) is 16.6. The lowest BCUT2D eigenvalue weighted by molar-refractivity contribution is -0.116. The summed E-state index contributed by atoms with van der Waals surface area (Å²) in [6, 6.07) is 21.8. The van der Waals surface area contributed by atoms with Crippen LogP contribution in [0, 0.1) is 5.92 Å². The molecule has 2 aliphatic carbocycles. The van der Waals surface area contributed by atoms with Gasteiger partial charge in [-0.25, -0.2) is 0 Å². The fourth-order valence-electron chi connectivity index (χ4n) is 7.08. The number of amides is 2. The van der Waals surface area contributed by atoms with Gasteiger partial charge in [0.2, 0.25) is 11.8 Å². The number of H-pyrrole nitrogens is 1. The van der Waals surface area contributed by atoms with Crippen LogP contribution in [-0.4, -0.2) is 37.2 Å². The third kappa shape index (κ3) is 6.99. The summed E-state index contributed by atoms with van der Waals surface area (Å²) in [5.74, 6) is 1.75. The highest BCUT2D eigenvalue weighted by atomic mass is 16.2. The van der Waals surface area contributed by atoms with Gasteiger partial charge >= 0.3 is 0 Å². The number of hydrogen-bond donors (Lipinski definition) is 3. The van der Waals surface area contributed by atoms with Gasteiger partial charge in [0.05, 0.1) is 24.2 Å². The zero-order chi connectivity index (χ0) is 32.2. The molecule has 9 heteroatoms. The minimum atomic E-state index is -0.127. The Morgan fingerprint density at radius 2 is 1.45 bits per heavy atom. The summed E-state index contributed by atoms with van der Waals surface area (Å²) < 4.78 is 0. The number of carbonyl (C=O) groups excluding carboxylic acids is 2. The number of hydrogen-bond acceptors (Lipinski definition) is 6. The smallest absolute Gasteiger partial charge is 0.230 e. The molecule has 1 saturated carbocycles. The molecule has 2 aromatic carbocycles. The second-order valence-electron chi connectivity index (χ2n) is 12.8. The normalized spacial score (nSPS) is 18.9. The number of rotatable bonds is 9. The number of nitrogens with zero attached hydrogens (tertiary/aromatic N) is 4. The highest BCUT2D eigenvalue weighted by molar-refractivity contribution is 5.95. The van der Waals surface area contributed by atoms with Crippen LogP contribution in [0.3, 0.4) is 0 Å². The molecule has 0 bridgehead atoms. The van der Waals surface area contributed by atoms with Crippen molar-refractivity contribution in [1.82, 2.24) is 25.4 Å². The number of aromatic amines is 1. The Balaban J connectivity index is 0.927. The van der Waals surface area contributed by atoms with E-state index in [9.17, 15) is 9.59 Å². The van der Waals surface area contributed by atoms with E-state index in [1.807, 2.05) is 66.9 Å². The lowest BCUT2D eigenvalue weighted by atomic mass is 9.78. The first kappa shape index (κ1) is 30.5. The fraction of sp³-hybridized carbons (Fsp3) is 0.316. The fourth-order valence-corrected chi connectivity index (χ4v) is 7.08. The summed E-state index contributed by atoms with van der Waals surface area (Å²) in [5.41, 5.74) is 7.34. The van der Waals surface area contributed by atoms with Gasteiger partial charge < -0.3 is 15.6 Å². The molecule has 47 heavy (non-hydrogen) atoms. The van der Waals surface area contributed by atoms with Crippen LogP contribution in [0.25, 0.3) is 17.0 Å². The molecule has 9 nitrogen and oxygen atoms in total. The number of anilines is 2. The number of aromatic nitrogens is 5. The zero-order valence-electron chi connectivity index (χ0n) is 26.6. The van der Waals surface area contributed by atoms with Crippen LogP contribution in [0.1, 0.15) is 84.5 Å². The van der Waals surface area contributed by atoms with E-state index in [1.165, 1.54) is 11.1 Å². The first-order chi connectivity index (χ1) is 23.0. The van der Waals surface area contributed by atoms with Gasteiger partial charge in [0.25, 0.3) is 0 Å². The number of fused-ring (bicyclic) bond motifs is 2. The third-order valence-corrected chi connectivity index (χ3v) is 9.63. The molecule has 3 unspecified atom stereocenters. The maximum Gasteiger partial charge on any atom is 0.230 e. The zero-order valence-corrected chi connectivity index (χ0v) is 26.6. The number of benzene rings is 2. The Morgan fingerprint density at radius 1 is 0.787 bits per heavy atom. The number of carbonyl (C=O) groups is 2. The Morgan fingerprint density at radius 3 is 2.11 bits per heavy atom. The van der Waals surface area contributed by atoms with E-state index >= 15 is 0 Å². The van der Waals surface area contributed by atoms with Crippen LogP contribution in [0.15, 0.2) is 79.0 Å². The van der Waals surface area contributed by atoms with Crippen molar-refractivity contribution >= 4 is 40.4 Å². The molecule has 7 rings (SSSR count). The van der Waals surface area contributed by atoms with E-state index in [0.29, 0.717) is 24.0 Å². The van der Waals surface area contributed by atoms with Crippen molar-refractivity contribution in [2.75, 3.05) is 10.6 Å². The quantitative estimate of drug-likeness (QED) is 0.160. The molecule has 1 fully saturated rings. The Labute approximate surface area is 274 Å². The maximum atomic E-state index is 12.9. The molecule has 0 aliphatic heterocycles. The third-order valence-electron chi connectivity index (χ3n) is 9.63. The van der Waals surface area contributed by atoms with Gasteiger partial charge in [-0.1, -0.05) is 55.8 Å². The highest BCUT2D eigenvalue weighted by Gasteiger charge is 2.27. The van der Waals surface area contributed by atoms with Crippen molar-refractivity contribution in [3.63, 3.8) is 0 Å². The van der Waals surface area contributed by atoms with Crippen LogP contribution in [0.2, 0.25) is 0 Å². The monoisotopic (exact) mass is 625 g/mol. The molecule has 3 atom stereocenters. The highest BCUT2D eigenvalue weighted by Crippen LogP contribution is 2.40. The van der Waals surface area contributed by atoms with Crippen molar-refractivity contribution in [2.24, 2.45) is 5.92 Å². The number of allylic oxidation sites excluding steroid dienone is 1. The van der Waals surface area contributed by atoms with E-state index in [4.69, 9.17) is 0 Å². The van der Waals surface area contributed by atoms with Crippen molar-refractivity contribution in [1.29, 1.82) is 0 Å². The first-order valence-corrected chi connectivity index (χ1v) is 16.6. The Kier molecular flexibility index (Phi) is 8.86. The van der Waals surface area contributed by atoms with Gasteiger partial charge in [0.15, 0.2) is 11.6 Å². The summed E-state index contributed by atoms with van der Waals surface area (Å²) in [7, 11) is 0. The molecule has 0 spiro atoms. The molecule has 2 amide bonds. The summed E-state index contributed by atoms with van der Waals surface area (Å²) in [4.78, 5) is 28.9. The van der Waals surface area contributed by atoms with E-state index < -0.39 is 0 Å².